The molecule has 1 fully saturated rings. The summed E-state index contributed by atoms with van der Waals surface area (Å²) in [6.07, 6.45) is 6.74. The van der Waals surface area contributed by atoms with Gasteiger partial charge in [0.25, 0.3) is 0 Å². The molecule has 2 atom stereocenters. The molecule has 6 nitrogen and oxygen atoms in total. The molecule has 6 heteroatoms. The number of hydrogen-bond donors (Lipinski definition) is 2. The van der Waals surface area contributed by atoms with Crippen LogP contribution in [0.1, 0.15) is 75.3 Å². The van der Waals surface area contributed by atoms with Crippen LogP contribution in [0.2, 0.25) is 0 Å². The number of carboxylic acids is 1. The summed E-state index contributed by atoms with van der Waals surface area (Å²) in [5.41, 5.74) is 6.21. The van der Waals surface area contributed by atoms with Gasteiger partial charge in [0.05, 0.1) is 35.6 Å². The van der Waals surface area contributed by atoms with Crippen molar-refractivity contribution in [2.24, 2.45) is 0 Å². The summed E-state index contributed by atoms with van der Waals surface area (Å²) in [6.45, 7) is 4.57. The molecular weight excluding hydrogens is 402 g/mol. The SMILES string of the molecule is Cc1cccnc1[C@H]1CCC[C@@H](c2ncccc2C)N1Cc1ccc(C(=O)O)cc1CO. The number of aromatic nitrogens is 2. The first-order chi connectivity index (χ1) is 15.5. The fourth-order valence-electron chi connectivity index (χ4n) is 4.81. The molecule has 0 unspecified atom stereocenters. The predicted molar refractivity (Wildman–Crippen MR) is 122 cm³/mol. The average Bonchev–Trinajstić information content (AvgIpc) is 2.80. The number of aromatic carboxylic acids is 1. The predicted octanol–water partition coefficient (Wildman–Crippen LogP) is 4.75. The van der Waals surface area contributed by atoms with E-state index in [1.807, 2.05) is 30.6 Å². The molecule has 166 valence electrons. The van der Waals surface area contributed by atoms with E-state index in [2.05, 4.69) is 30.9 Å². The Kier molecular flexibility index (Phi) is 6.63. The van der Waals surface area contributed by atoms with E-state index in [1.54, 1.807) is 12.1 Å². The smallest absolute Gasteiger partial charge is 0.335 e. The Hall–Kier alpha value is -3.09. The molecule has 2 N–H and O–H groups in total. The van der Waals surface area contributed by atoms with Crippen molar-refractivity contribution in [3.05, 3.63) is 94.1 Å². The minimum atomic E-state index is -0.992. The van der Waals surface area contributed by atoms with Crippen LogP contribution in [0.3, 0.4) is 0 Å². The Morgan fingerprint density at radius 2 is 1.56 bits per heavy atom. The number of benzene rings is 1. The third-order valence-electron chi connectivity index (χ3n) is 6.46. The second kappa shape index (κ2) is 9.59. The molecule has 1 saturated heterocycles. The van der Waals surface area contributed by atoms with Crippen molar-refractivity contribution >= 4 is 5.97 Å². The zero-order chi connectivity index (χ0) is 22.7. The highest BCUT2D eigenvalue weighted by atomic mass is 16.4. The summed E-state index contributed by atoms with van der Waals surface area (Å²) in [6, 6.07) is 13.3. The molecule has 0 saturated carbocycles. The first kappa shape index (κ1) is 22.1. The maximum atomic E-state index is 11.4. The summed E-state index contributed by atoms with van der Waals surface area (Å²) in [7, 11) is 0. The van der Waals surface area contributed by atoms with Crippen LogP contribution in [0.25, 0.3) is 0 Å². The third kappa shape index (κ3) is 4.42. The number of pyridine rings is 2. The molecule has 32 heavy (non-hydrogen) atoms. The van der Waals surface area contributed by atoms with Gasteiger partial charge in [0.1, 0.15) is 0 Å². The number of likely N-dealkylation sites (tertiary alicyclic amines) is 1. The Morgan fingerprint density at radius 1 is 0.969 bits per heavy atom. The van der Waals surface area contributed by atoms with Crippen LogP contribution in [-0.4, -0.2) is 31.1 Å². The monoisotopic (exact) mass is 431 g/mol. The number of carbonyl (C=O) groups is 1. The molecule has 1 aromatic carbocycles. The van der Waals surface area contributed by atoms with Crippen molar-refractivity contribution in [3.8, 4) is 0 Å². The van der Waals surface area contributed by atoms with Crippen molar-refractivity contribution in [1.29, 1.82) is 0 Å². The van der Waals surface area contributed by atoms with Gasteiger partial charge in [0.2, 0.25) is 0 Å². The Labute approximate surface area is 188 Å². The van der Waals surface area contributed by atoms with Crippen molar-refractivity contribution in [2.75, 3.05) is 0 Å². The largest absolute Gasteiger partial charge is 0.478 e. The van der Waals surface area contributed by atoms with E-state index in [4.69, 9.17) is 9.97 Å². The maximum Gasteiger partial charge on any atom is 0.335 e. The van der Waals surface area contributed by atoms with Crippen LogP contribution in [0.15, 0.2) is 54.9 Å². The summed E-state index contributed by atoms with van der Waals surface area (Å²) in [5.74, 6) is -0.992. The third-order valence-corrected chi connectivity index (χ3v) is 6.46. The number of aryl methyl sites for hydroxylation is 2. The molecule has 0 bridgehead atoms. The lowest BCUT2D eigenvalue weighted by Gasteiger charge is -2.43. The van der Waals surface area contributed by atoms with E-state index in [-0.39, 0.29) is 24.3 Å². The zero-order valence-electron chi connectivity index (χ0n) is 18.5. The van der Waals surface area contributed by atoms with Crippen molar-refractivity contribution in [1.82, 2.24) is 14.9 Å². The number of aliphatic hydroxyl groups is 1. The highest BCUT2D eigenvalue weighted by Gasteiger charge is 2.35. The minimum absolute atomic E-state index is 0.113. The second-order valence-corrected chi connectivity index (χ2v) is 8.49. The number of aliphatic hydroxyl groups excluding tert-OH is 1. The average molecular weight is 432 g/mol. The molecule has 0 amide bonds. The van der Waals surface area contributed by atoms with Crippen LogP contribution >= 0.6 is 0 Å². The van der Waals surface area contributed by atoms with E-state index in [0.717, 1.165) is 47.3 Å². The summed E-state index contributed by atoms with van der Waals surface area (Å²) in [5, 5.41) is 19.3. The second-order valence-electron chi connectivity index (χ2n) is 8.49. The maximum absolute atomic E-state index is 11.4. The standard InChI is InChI=1S/C26H29N3O3/c1-17-6-4-12-27-24(17)22-8-3-9-23(25-18(2)7-5-13-28-25)29(22)15-20-11-10-19(26(31)32)14-21(20)16-30/h4-7,10-14,22-23,30H,3,8-9,15-16H2,1-2H3,(H,31,32)/t22-,23+. The van der Waals surface area contributed by atoms with Crippen molar-refractivity contribution in [2.45, 2.75) is 58.3 Å². The zero-order valence-corrected chi connectivity index (χ0v) is 18.5. The van der Waals surface area contributed by atoms with Gasteiger partial charge in [-0.25, -0.2) is 4.79 Å². The summed E-state index contributed by atoms with van der Waals surface area (Å²) in [4.78, 5) is 23.3. The molecular formula is C26H29N3O3. The number of piperidine rings is 1. The van der Waals surface area contributed by atoms with Gasteiger partial charge in [0, 0.05) is 18.9 Å². The molecule has 0 aliphatic carbocycles. The Balaban J connectivity index is 1.79. The lowest BCUT2D eigenvalue weighted by Crippen LogP contribution is -2.37. The van der Waals surface area contributed by atoms with Crippen molar-refractivity contribution in [3.63, 3.8) is 0 Å². The van der Waals surface area contributed by atoms with Gasteiger partial charge in [-0.05, 0) is 79.6 Å². The van der Waals surface area contributed by atoms with Gasteiger partial charge in [-0.15, -0.1) is 0 Å². The van der Waals surface area contributed by atoms with E-state index in [1.165, 1.54) is 0 Å². The van der Waals surface area contributed by atoms with E-state index < -0.39 is 5.97 Å². The van der Waals surface area contributed by atoms with Gasteiger partial charge < -0.3 is 10.2 Å². The quantitative estimate of drug-likeness (QED) is 0.586. The lowest BCUT2D eigenvalue weighted by molar-refractivity contribution is 0.0669. The highest BCUT2D eigenvalue weighted by molar-refractivity contribution is 5.87. The van der Waals surface area contributed by atoms with Gasteiger partial charge in [-0.2, -0.15) is 0 Å². The Bertz CT molecular complexity index is 1060. The lowest BCUT2D eigenvalue weighted by atomic mass is 9.88. The summed E-state index contributed by atoms with van der Waals surface area (Å²) < 4.78 is 0. The normalized spacial score (nSPS) is 19.1. The molecule has 3 heterocycles. The fourth-order valence-corrected chi connectivity index (χ4v) is 4.81. The van der Waals surface area contributed by atoms with Crippen LogP contribution in [0.4, 0.5) is 0 Å². The van der Waals surface area contributed by atoms with E-state index in [9.17, 15) is 15.0 Å². The number of nitrogens with zero attached hydrogens (tertiary/aromatic N) is 3. The van der Waals surface area contributed by atoms with Gasteiger partial charge >= 0.3 is 5.97 Å². The van der Waals surface area contributed by atoms with Crippen LogP contribution in [0.5, 0.6) is 0 Å². The topological polar surface area (TPSA) is 86.6 Å². The number of hydrogen-bond acceptors (Lipinski definition) is 5. The first-order valence-corrected chi connectivity index (χ1v) is 11.0. The first-order valence-electron chi connectivity index (χ1n) is 11.0. The molecule has 4 rings (SSSR count). The minimum Gasteiger partial charge on any atom is -0.478 e. The Morgan fingerprint density at radius 3 is 2.06 bits per heavy atom. The molecule has 0 radical (unpaired) electrons. The molecule has 3 aromatic rings. The molecule has 1 aliphatic heterocycles. The van der Waals surface area contributed by atoms with Gasteiger partial charge in [-0.3, -0.25) is 14.9 Å². The van der Waals surface area contributed by atoms with E-state index in [0.29, 0.717) is 12.1 Å². The summed E-state index contributed by atoms with van der Waals surface area (Å²) >= 11 is 0. The fraction of sp³-hybridized carbons (Fsp3) is 0.346. The van der Waals surface area contributed by atoms with Crippen LogP contribution < -0.4 is 0 Å². The van der Waals surface area contributed by atoms with Crippen LogP contribution in [0, 0.1) is 13.8 Å². The molecule has 0 spiro atoms. The number of rotatable bonds is 6. The molecule has 1 aliphatic rings. The van der Waals surface area contributed by atoms with Gasteiger partial charge in [0.15, 0.2) is 0 Å². The number of carboxylic acid groups (broad SMARTS) is 1. The van der Waals surface area contributed by atoms with E-state index >= 15 is 0 Å². The highest BCUT2D eigenvalue weighted by Crippen LogP contribution is 2.43. The van der Waals surface area contributed by atoms with Crippen molar-refractivity contribution < 1.29 is 15.0 Å². The van der Waals surface area contributed by atoms with Crippen LogP contribution in [-0.2, 0) is 13.2 Å². The molecule has 2 aromatic heterocycles. The van der Waals surface area contributed by atoms with Gasteiger partial charge in [-0.1, -0.05) is 18.2 Å².